The molecule has 0 saturated carbocycles. The standard InChI is InChI=1S/C16H16N6O2S2/c1-24-7-6-18-15-21-22-16(26-15)25-9-13(23)10(8-17)14-19-11-4-2-3-5-12(11)20-14/h2-5,23H,6-7,9H2,1H3,(H,18,21)(H,19,20)/b13-10-. The zero-order chi connectivity index (χ0) is 18.4. The van der Waals surface area contributed by atoms with E-state index in [-0.39, 0.29) is 17.1 Å². The van der Waals surface area contributed by atoms with Crippen LogP contribution >= 0.6 is 23.1 Å². The summed E-state index contributed by atoms with van der Waals surface area (Å²) < 4.78 is 5.65. The van der Waals surface area contributed by atoms with Crippen molar-refractivity contribution in [3.63, 3.8) is 0 Å². The second-order valence-electron chi connectivity index (χ2n) is 5.12. The van der Waals surface area contributed by atoms with E-state index in [1.807, 2.05) is 30.3 Å². The van der Waals surface area contributed by atoms with Crippen molar-refractivity contribution in [1.29, 1.82) is 5.26 Å². The van der Waals surface area contributed by atoms with Crippen molar-refractivity contribution < 1.29 is 9.84 Å². The fourth-order valence-corrected chi connectivity index (χ4v) is 3.78. The van der Waals surface area contributed by atoms with Gasteiger partial charge in [-0.05, 0) is 12.1 Å². The summed E-state index contributed by atoms with van der Waals surface area (Å²) in [6.45, 7) is 1.22. The number of imidazole rings is 1. The van der Waals surface area contributed by atoms with Crippen LogP contribution < -0.4 is 5.32 Å². The van der Waals surface area contributed by atoms with Crippen LogP contribution in [0.2, 0.25) is 0 Å². The van der Waals surface area contributed by atoms with E-state index >= 15 is 0 Å². The maximum absolute atomic E-state index is 10.3. The molecule has 8 nitrogen and oxygen atoms in total. The summed E-state index contributed by atoms with van der Waals surface area (Å²) in [5.74, 6) is 0.499. The summed E-state index contributed by atoms with van der Waals surface area (Å²) in [5, 5.41) is 31.6. The smallest absolute Gasteiger partial charge is 0.206 e. The van der Waals surface area contributed by atoms with Gasteiger partial charge in [0.15, 0.2) is 10.2 Å². The van der Waals surface area contributed by atoms with Gasteiger partial charge < -0.3 is 20.1 Å². The van der Waals surface area contributed by atoms with Crippen molar-refractivity contribution in [3.05, 3.63) is 35.8 Å². The molecule has 2 heterocycles. The Morgan fingerprint density at radius 2 is 2.27 bits per heavy atom. The highest BCUT2D eigenvalue weighted by Gasteiger charge is 2.14. The number of fused-ring (bicyclic) bond motifs is 1. The van der Waals surface area contributed by atoms with Gasteiger partial charge in [0.25, 0.3) is 0 Å². The summed E-state index contributed by atoms with van der Waals surface area (Å²) in [6, 6.07) is 9.47. The number of rotatable bonds is 8. The van der Waals surface area contributed by atoms with Crippen molar-refractivity contribution in [2.45, 2.75) is 4.34 Å². The summed E-state index contributed by atoms with van der Waals surface area (Å²) in [7, 11) is 1.63. The van der Waals surface area contributed by atoms with Crippen LogP contribution in [-0.4, -0.2) is 51.3 Å². The lowest BCUT2D eigenvalue weighted by atomic mass is 10.2. The molecule has 10 heteroatoms. The average molecular weight is 388 g/mol. The molecule has 1 aromatic carbocycles. The Hall–Kier alpha value is -2.61. The molecule has 0 radical (unpaired) electrons. The number of H-pyrrole nitrogens is 1. The van der Waals surface area contributed by atoms with E-state index in [9.17, 15) is 10.4 Å². The molecule has 0 amide bonds. The molecule has 0 atom stereocenters. The SMILES string of the molecule is COCCNc1nnc(SC/C(O)=C(\C#N)c2nc3ccccc3[nH]2)s1. The highest BCUT2D eigenvalue weighted by Crippen LogP contribution is 2.28. The summed E-state index contributed by atoms with van der Waals surface area (Å²) >= 11 is 2.69. The first-order valence-corrected chi connectivity index (χ1v) is 9.48. The number of nitrogens with one attached hydrogen (secondary N) is 2. The molecule has 0 unspecified atom stereocenters. The Morgan fingerprint density at radius 1 is 1.42 bits per heavy atom. The number of aliphatic hydroxyl groups is 1. The van der Waals surface area contributed by atoms with Crippen LogP contribution in [0.25, 0.3) is 16.6 Å². The highest BCUT2D eigenvalue weighted by molar-refractivity contribution is 8.01. The lowest BCUT2D eigenvalue weighted by molar-refractivity contribution is 0.211. The van der Waals surface area contributed by atoms with Gasteiger partial charge in [-0.15, -0.1) is 10.2 Å². The number of para-hydroxylation sites is 2. The maximum atomic E-state index is 10.3. The molecule has 0 fully saturated rings. The first kappa shape index (κ1) is 18.2. The predicted molar refractivity (Wildman–Crippen MR) is 102 cm³/mol. The van der Waals surface area contributed by atoms with E-state index < -0.39 is 0 Å². The average Bonchev–Trinajstić information content (AvgIpc) is 3.27. The first-order chi connectivity index (χ1) is 12.7. The maximum Gasteiger partial charge on any atom is 0.206 e. The molecule has 3 rings (SSSR count). The van der Waals surface area contributed by atoms with E-state index in [1.165, 1.54) is 23.1 Å². The Bertz CT molecular complexity index is 926. The van der Waals surface area contributed by atoms with E-state index in [0.717, 1.165) is 11.0 Å². The third-order valence-electron chi connectivity index (χ3n) is 3.35. The molecule has 3 aromatic rings. The van der Waals surface area contributed by atoms with Crippen LogP contribution in [0.15, 0.2) is 34.4 Å². The second kappa shape index (κ2) is 8.66. The minimum atomic E-state index is -0.0550. The quantitative estimate of drug-likeness (QED) is 0.233. The molecule has 26 heavy (non-hydrogen) atoms. The molecule has 134 valence electrons. The van der Waals surface area contributed by atoms with Gasteiger partial charge >= 0.3 is 0 Å². The van der Waals surface area contributed by atoms with Gasteiger partial charge in [-0.25, -0.2) is 4.98 Å². The normalized spacial score (nSPS) is 12.0. The van der Waals surface area contributed by atoms with Gasteiger partial charge in [-0.3, -0.25) is 0 Å². The largest absolute Gasteiger partial charge is 0.510 e. The van der Waals surface area contributed by atoms with Gasteiger partial charge in [0, 0.05) is 13.7 Å². The minimum Gasteiger partial charge on any atom is -0.510 e. The number of ether oxygens (including phenoxy) is 1. The van der Waals surface area contributed by atoms with E-state index in [4.69, 9.17) is 4.74 Å². The molecular weight excluding hydrogens is 372 g/mol. The molecule has 0 aliphatic carbocycles. The number of methoxy groups -OCH3 is 1. The number of aromatic amines is 1. The van der Waals surface area contributed by atoms with Crippen molar-refractivity contribution >= 4 is 44.8 Å². The van der Waals surface area contributed by atoms with Crippen molar-refractivity contribution in [2.24, 2.45) is 0 Å². The number of aromatic nitrogens is 4. The Balaban J connectivity index is 1.68. The summed E-state index contributed by atoms with van der Waals surface area (Å²) in [6.07, 6.45) is 0. The lowest BCUT2D eigenvalue weighted by Crippen LogP contribution is -2.06. The fraction of sp³-hybridized carbons (Fsp3) is 0.250. The van der Waals surface area contributed by atoms with Crippen LogP contribution in [0.1, 0.15) is 5.82 Å². The van der Waals surface area contributed by atoms with Gasteiger partial charge in [-0.1, -0.05) is 35.2 Å². The molecule has 2 aromatic heterocycles. The number of nitriles is 1. The fourth-order valence-electron chi connectivity index (χ4n) is 2.13. The number of thioether (sulfide) groups is 1. The van der Waals surface area contributed by atoms with Crippen LogP contribution in [-0.2, 0) is 4.74 Å². The number of anilines is 1. The first-order valence-electron chi connectivity index (χ1n) is 7.67. The lowest BCUT2D eigenvalue weighted by Gasteiger charge is -2.00. The van der Waals surface area contributed by atoms with Crippen LogP contribution in [0.5, 0.6) is 0 Å². The van der Waals surface area contributed by atoms with Crippen LogP contribution in [0, 0.1) is 11.3 Å². The third-order valence-corrected chi connectivity index (χ3v) is 5.37. The molecule has 0 spiro atoms. The molecule has 0 aliphatic heterocycles. The summed E-state index contributed by atoms with van der Waals surface area (Å²) in [4.78, 5) is 7.40. The number of hydrogen-bond acceptors (Lipinski definition) is 9. The zero-order valence-electron chi connectivity index (χ0n) is 13.9. The van der Waals surface area contributed by atoms with Crippen molar-refractivity contribution in [2.75, 3.05) is 31.3 Å². The Labute approximate surface area is 157 Å². The topological polar surface area (TPSA) is 120 Å². The Morgan fingerprint density at radius 3 is 3.04 bits per heavy atom. The minimum absolute atomic E-state index is 0.0550. The van der Waals surface area contributed by atoms with Crippen molar-refractivity contribution in [1.82, 2.24) is 20.2 Å². The molecule has 0 aliphatic rings. The highest BCUT2D eigenvalue weighted by atomic mass is 32.2. The number of nitrogens with zero attached hydrogens (tertiary/aromatic N) is 4. The third kappa shape index (κ3) is 4.32. The predicted octanol–water partition coefficient (Wildman–Crippen LogP) is 3.06. The van der Waals surface area contributed by atoms with E-state index in [1.54, 1.807) is 7.11 Å². The number of benzene rings is 1. The number of hydrogen-bond donors (Lipinski definition) is 3. The Kier molecular flexibility index (Phi) is 6.06. The van der Waals surface area contributed by atoms with Gasteiger partial charge in [-0.2, -0.15) is 5.26 Å². The van der Waals surface area contributed by atoms with Crippen LogP contribution in [0.3, 0.4) is 0 Å². The zero-order valence-corrected chi connectivity index (χ0v) is 15.5. The monoisotopic (exact) mass is 388 g/mol. The second-order valence-corrected chi connectivity index (χ2v) is 7.32. The van der Waals surface area contributed by atoms with Gasteiger partial charge in [0.05, 0.1) is 23.4 Å². The van der Waals surface area contributed by atoms with Gasteiger partial charge in [0.2, 0.25) is 5.13 Å². The van der Waals surface area contributed by atoms with E-state index in [2.05, 4.69) is 25.5 Å². The summed E-state index contributed by atoms with van der Waals surface area (Å²) in [5.41, 5.74) is 1.68. The van der Waals surface area contributed by atoms with Crippen LogP contribution in [0.4, 0.5) is 5.13 Å². The number of aliphatic hydroxyl groups excluding tert-OH is 1. The number of allylic oxidation sites excluding steroid dienone is 1. The molecule has 0 bridgehead atoms. The van der Waals surface area contributed by atoms with Gasteiger partial charge in [0.1, 0.15) is 17.4 Å². The molecule has 3 N–H and O–H groups in total. The van der Waals surface area contributed by atoms with Crippen molar-refractivity contribution in [3.8, 4) is 6.07 Å². The molecule has 0 saturated heterocycles. The van der Waals surface area contributed by atoms with E-state index in [0.29, 0.717) is 28.4 Å². The molecular formula is C16H16N6O2S2.